The van der Waals surface area contributed by atoms with Crippen LogP contribution in [0.2, 0.25) is 0 Å². The zero-order valence-corrected chi connectivity index (χ0v) is 13.7. The van der Waals surface area contributed by atoms with Gasteiger partial charge in [0.15, 0.2) is 0 Å². The number of hydrogen-bond acceptors (Lipinski definition) is 2. The van der Waals surface area contributed by atoms with Gasteiger partial charge in [0.1, 0.15) is 0 Å². The quantitative estimate of drug-likeness (QED) is 0.724. The Labute approximate surface area is 131 Å². The first-order chi connectivity index (χ1) is 9.76. The third kappa shape index (κ3) is 3.85. The van der Waals surface area contributed by atoms with E-state index in [0.717, 1.165) is 24.2 Å². The molecule has 1 atom stereocenters. The van der Waals surface area contributed by atoms with Crippen molar-refractivity contribution in [2.45, 2.75) is 51.6 Å². The SMILES string of the molecule is CCC(=O)C(Oc1ccccc1[CH]=[Ru+])C1CCCCC1. The molecule has 2 rings (SSSR count). The van der Waals surface area contributed by atoms with Gasteiger partial charge >= 0.3 is 131 Å². The molecular weight excluding hydrogens is 337 g/mol. The van der Waals surface area contributed by atoms with E-state index in [4.69, 9.17) is 4.74 Å². The van der Waals surface area contributed by atoms with Crippen molar-refractivity contribution in [2.75, 3.05) is 0 Å². The average Bonchev–Trinajstić information content (AvgIpc) is 2.53. The van der Waals surface area contributed by atoms with Crippen molar-refractivity contribution < 1.29 is 27.4 Å². The maximum atomic E-state index is 12.3. The van der Waals surface area contributed by atoms with Crippen molar-refractivity contribution >= 4 is 10.4 Å². The van der Waals surface area contributed by atoms with Gasteiger partial charge in [-0.2, -0.15) is 0 Å². The molecule has 0 aliphatic heterocycles. The monoisotopic (exact) mass is 360 g/mol. The number of rotatable bonds is 6. The summed E-state index contributed by atoms with van der Waals surface area (Å²) in [5.41, 5.74) is 1.04. The van der Waals surface area contributed by atoms with Crippen molar-refractivity contribution in [3.05, 3.63) is 29.8 Å². The molecule has 109 valence electrons. The third-order valence-corrected chi connectivity index (χ3v) is 4.57. The standard InChI is InChI=1S/C17H22O2.Ru/c1-3-15(18)17(14-10-5-4-6-11-14)19-16-12-8-7-9-13(16)2;/h2,7-9,12,14,17H,3-6,10-11H2,1H3;/q;+1. The van der Waals surface area contributed by atoms with Gasteiger partial charge in [-0.25, -0.2) is 0 Å². The van der Waals surface area contributed by atoms with Gasteiger partial charge in [0.25, 0.3) is 0 Å². The second-order valence-electron chi connectivity index (χ2n) is 5.40. The molecule has 0 N–H and O–H groups in total. The summed E-state index contributed by atoms with van der Waals surface area (Å²) < 4.78 is 8.10. The Kier molecular flexibility index (Phi) is 6.10. The second-order valence-corrected chi connectivity index (χ2v) is 5.90. The van der Waals surface area contributed by atoms with Crippen LogP contribution in [-0.4, -0.2) is 16.5 Å². The minimum absolute atomic E-state index is 0.233. The zero-order valence-electron chi connectivity index (χ0n) is 12.0. The van der Waals surface area contributed by atoms with Gasteiger partial charge in [-0.15, -0.1) is 0 Å². The van der Waals surface area contributed by atoms with E-state index in [-0.39, 0.29) is 11.9 Å². The van der Waals surface area contributed by atoms with E-state index in [2.05, 4.69) is 17.9 Å². The van der Waals surface area contributed by atoms with Crippen molar-refractivity contribution in [1.82, 2.24) is 0 Å². The fourth-order valence-electron chi connectivity index (χ4n) is 2.87. The Morgan fingerprint density at radius 2 is 2.05 bits per heavy atom. The molecule has 1 aromatic rings. The van der Waals surface area contributed by atoms with Gasteiger partial charge in [-0.3, -0.25) is 0 Å². The number of ether oxygens (including phenoxy) is 1. The average molecular weight is 359 g/mol. The van der Waals surface area contributed by atoms with Gasteiger partial charge in [0.05, 0.1) is 0 Å². The van der Waals surface area contributed by atoms with Crippen molar-refractivity contribution in [2.24, 2.45) is 5.92 Å². The van der Waals surface area contributed by atoms with Crippen LogP contribution >= 0.6 is 0 Å². The molecule has 0 spiro atoms. The topological polar surface area (TPSA) is 26.3 Å². The van der Waals surface area contributed by atoms with Crippen molar-refractivity contribution in [1.29, 1.82) is 0 Å². The van der Waals surface area contributed by atoms with Crippen LogP contribution in [0.25, 0.3) is 0 Å². The Morgan fingerprint density at radius 1 is 1.35 bits per heavy atom. The summed E-state index contributed by atoms with van der Waals surface area (Å²) in [6.07, 6.45) is 6.25. The summed E-state index contributed by atoms with van der Waals surface area (Å²) in [7, 11) is 0. The van der Waals surface area contributed by atoms with Crippen LogP contribution in [-0.2, 0) is 22.6 Å². The molecular formula is C17H22O2Ru+. The second kappa shape index (κ2) is 7.83. The first-order valence-electron chi connectivity index (χ1n) is 7.46. The number of carbonyl (C=O) groups is 1. The molecule has 0 radical (unpaired) electrons. The first-order valence-corrected chi connectivity index (χ1v) is 8.47. The third-order valence-electron chi connectivity index (χ3n) is 4.03. The summed E-state index contributed by atoms with van der Waals surface area (Å²) in [4.78, 5) is 12.3. The molecule has 1 aliphatic carbocycles. The van der Waals surface area contributed by atoms with Crippen LogP contribution < -0.4 is 4.74 Å². The molecule has 0 saturated heterocycles. The van der Waals surface area contributed by atoms with Crippen LogP contribution in [0.1, 0.15) is 51.0 Å². The van der Waals surface area contributed by atoms with Crippen LogP contribution in [0.5, 0.6) is 5.75 Å². The number of Topliss-reactive ketones (excluding diaryl/α,β-unsaturated/α-hetero) is 1. The van der Waals surface area contributed by atoms with Gasteiger partial charge in [-0.05, 0) is 0 Å². The normalized spacial score (nSPS) is 17.4. The first kappa shape index (κ1) is 15.6. The van der Waals surface area contributed by atoms with E-state index < -0.39 is 0 Å². The number of hydrogen-bond donors (Lipinski definition) is 0. The predicted octanol–water partition coefficient (Wildman–Crippen LogP) is 3.69. The summed E-state index contributed by atoms with van der Waals surface area (Å²) in [5.74, 6) is 1.44. The molecule has 3 heteroatoms. The summed E-state index contributed by atoms with van der Waals surface area (Å²) in [5, 5.41) is 0. The van der Waals surface area contributed by atoms with Crippen LogP contribution in [0.4, 0.5) is 0 Å². The summed E-state index contributed by atoms with van der Waals surface area (Å²) in [6.45, 7) is 1.93. The number of para-hydroxylation sites is 1. The van der Waals surface area contributed by atoms with Crippen molar-refractivity contribution in [3.8, 4) is 5.75 Å². The number of carbonyl (C=O) groups excluding carboxylic acids is 1. The molecule has 20 heavy (non-hydrogen) atoms. The molecule has 0 aromatic heterocycles. The van der Waals surface area contributed by atoms with E-state index >= 15 is 0 Å². The fourth-order valence-corrected chi connectivity index (χ4v) is 3.29. The Bertz CT molecular complexity index is 464. The van der Waals surface area contributed by atoms with Gasteiger partial charge in [0, 0.05) is 0 Å². The number of ketones is 1. The molecule has 0 heterocycles. The Hall–Kier alpha value is -0.817. The maximum absolute atomic E-state index is 12.3. The van der Waals surface area contributed by atoms with Gasteiger partial charge < -0.3 is 0 Å². The van der Waals surface area contributed by atoms with E-state index in [0.29, 0.717) is 12.3 Å². The van der Waals surface area contributed by atoms with Gasteiger partial charge in [-0.1, -0.05) is 0 Å². The molecule has 1 saturated carbocycles. The summed E-state index contributed by atoms with van der Waals surface area (Å²) in [6, 6.07) is 7.92. The van der Waals surface area contributed by atoms with Crippen LogP contribution in [0, 0.1) is 5.92 Å². The van der Waals surface area contributed by atoms with E-state index in [1.165, 1.54) is 19.3 Å². The number of benzene rings is 1. The molecule has 2 nitrogen and oxygen atoms in total. The van der Waals surface area contributed by atoms with Crippen molar-refractivity contribution in [3.63, 3.8) is 0 Å². The van der Waals surface area contributed by atoms with Crippen LogP contribution in [0.3, 0.4) is 0 Å². The van der Waals surface area contributed by atoms with Crippen LogP contribution in [0.15, 0.2) is 24.3 Å². The zero-order chi connectivity index (χ0) is 14.4. The summed E-state index contributed by atoms with van der Waals surface area (Å²) >= 11 is 2.51. The Morgan fingerprint density at radius 3 is 2.70 bits per heavy atom. The molecule has 1 unspecified atom stereocenters. The van der Waals surface area contributed by atoms with E-state index in [1.54, 1.807) is 0 Å². The molecule has 1 aliphatic rings. The predicted molar refractivity (Wildman–Crippen MR) is 77.9 cm³/mol. The Balaban J connectivity index is 2.18. The molecule has 0 bridgehead atoms. The molecule has 1 fully saturated rings. The molecule has 1 aromatic carbocycles. The fraction of sp³-hybridized carbons (Fsp3) is 0.529. The van der Waals surface area contributed by atoms with E-state index in [9.17, 15) is 4.79 Å². The van der Waals surface area contributed by atoms with Gasteiger partial charge in [0.2, 0.25) is 0 Å². The minimum atomic E-state index is -0.270. The molecule has 0 amide bonds. The van der Waals surface area contributed by atoms with E-state index in [1.807, 2.05) is 35.8 Å².